The standard InChI is InChI=1S/C16H19N3O2/c1-12(11-13-7-4-3-5-8-13)18-15-10-6-9-14(17-2)16(15)19(20)21/h3-10,12,17-18H,11H2,1-2H3. The number of hydrogen-bond acceptors (Lipinski definition) is 4. The Labute approximate surface area is 124 Å². The zero-order valence-corrected chi connectivity index (χ0v) is 12.2. The molecule has 110 valence electrons. The maximum absolute atomic E-state index is 11.3. The van der Waals surface area contributed by atoms with Crippen LogP contribution in [0.15, 0.2) is 48.5 Å². The average Bonchev–Trinajstić information content (AvgIpc) is 2.47. The van der Waals surface area contributed by atoms with Crippen molar-refractivity contribution < 1.29 is 4.92 Å². The van der Waals surface area contributed by atoms with Crippen LogP contribution in [0.2, 0.25) is 0 Å². The van der Waals surface area contributed by atoms with Gasteiger partial charge in [-0.3, -0.25) is 10.1 Å². The number of hydrogen-bond donors (Lipinski definition) is 2. The van der Waals surface area contributed by atoms with Gasteiger partial charge in [-0.05, 0) is 31.0 Å². The van der Waals surface area contributed by atoms with Crippen LogP contribution in [0.1, 0.15) is 12.5 Å². The van der Waals surface area contributed by atoms with E-state index in [1.165, 1.54) is 5.56 Å². The molecule has 1 atom stereocenters. The normalized spacial score (nSPS) is 11.7. The van der Waals surface area contributed by atoms with Gasteiger partial charge in [0.15, 0.2) is 0 Å². The van der Waals surface area contributed by atoms with Gasteiger partial charge in [-0.1, -0.05) is 36.4 Å². The molecular weight excluding hydrogens is 266 g/mol. The fraction of sp³-hybridized carbons (Fsp3) is 0.250. The smallest absolute Gasteiger partial charge is 0.315 e. The minimum atomic E-state index is -0.358. The van der Waals surface area contributed by atoms with E-state index in [4.69, 9.17) is 0 Å². The lowest BCUT2D eigenvalue weighted by Gasteiger charge is -2.16. The predicted molar refractivity (Wildman–Crippen MR) is 85.9 cm³/mol. The lowest BCUT2D eigenvalue weighted by atomic mass is 10.1. The van der Waals surface area contributed by atoms with Crippen LogP contribution in [0.25, 0.3) is 0 Å². The van der Waals surface area contributed by atoms with Crippen LogP contribution >= 0.6 is 0 Å². The van der Waals surface area contributed by atoms with Crippen molar-refractivity contribution in [1.82, 2.24) is 0 Å². The number of nitro benzene ring substituents is 1. The van der Waals surface area contributed by atoms with Gasteiger partial charge in [0.25, 0.3) is 0 Å². The van der Waals surface area contributed by atoms with E-state index in [0.717, 1.165) is 6.42 Å². The van der Waals surface area contributed by atoms with Crippen LogP contribution in [0.5, 0.6) is 0 Å². The van der Waals surface area contributed by atoms with Gasteiger partial charge in [0, 0.05) is 13.1 Å². The van der Waals surface area contributed by atoms with Crippen LogP contribution < -0.4 is 10.6 Å². The van der Waals surface area contributed by atoms with Crippen molar-refractivity contribution >= 4 is 17.1 Å². The van der Waals surface area contributed by atoms with Crippen molar-refractivity contribution in [1.29, 1.82) is 0 Å². The summed E-state index contributed by atoms with van der Waals surface area (Å²) in [5.74, 6) is 0. The molecule has 2 aromatic rings. The Morgan fingerprint density at radius 3 is 2.38 bits per heavy atom. The lowest BCUT2D eigenvalue weighted by Crippen LogP contribution is -2.19. The maximum Gasteiger partial charge on any atom is 0.315 e. The molecule has 0 spiro atoms. The summed E-state index contributed by atoms with van der Waals surface area (Å²) < 4.78 is 0. The first-order valence-corrected chi connectivity index (χ1v) is 6.87. The third-order valence-electron chi connectivity index (χ3n) is 3.27. The van der Waals surface area contributed by atoms with Crippen molar-refractivity contribution in [3.05, 3.63) is 64.2 Å². The van der Waals surface area contributed by atoms with Gasteiger partial charge in [-0.15, -0.1) is 0 Å². The van der Waals surface area contributed by atoms with Gasteiger partial charge in [0.2, 0.25) is 0 Å². The molecular formula is C16H19N3O2. The minimum absolute atomic E-state index is 0.0833. The van der Waals surface area contributed by atoms with Crippen LogP contribution in [0, 0.1) is 10.1 Å². The molecule has 0 bridgehead atoms. The van der Waals surface area contributed by atoms with E-state index in [-0.39, 0.29) is 16.7 Å². The molecule has 2 aromatic carbocycles. The first-order valence-electron chi connectivity index (χ1n) is 6.87. The molecule has 5 nitrogen and oxygen atoms in total. The molecule has 2 N–H and O–H groups in total. The fourth-order valence-electron chi connectivity index (χ4n) is 2.34. The maximum atomic E-state index is 11.3. The number of anilines is 2. The van der Waals surface area contributed by atoms with Gasteiger partial charge in [0.1, 0.15) is 11.4 Å². The highest BCUT2D eigenvalue weighted by atomic mass is 16.6. The van der Waals surface area contributed by atoms with Crippen molar-refractivity contribution in [2.24, 2.45) is 0 Å². The molecule has 1 unspecified atom stereocenters. The van der Waals surface area contributed by atoms with Crippen LogP contribution in [-0.4, -0.2) is 18.0 Å². The van der Waals surface area contributed by atoms with E-state index in [1.54, 1.807) is 25.2 Å². The molecule has 0 aromatic heterocycles. The van der Waals surface area contributed by atoms with Gasteiger partial charge >= 0.3 is 5.69 Å². The second-order valence-corrected chi connectivity index (χ2v) is 4.94. The summed E-state index contributed by atoms with van der Waals surface area (Å²) >= 11 is 0. The molecule has 0 aliphatic rings. The molecule has 0 saturated heterocycles. The van der Waals surface area contributed by atoms with Gasteiger partial charge in [0.05, 0.1) is 4.92 Å². The SMILES string of the molecule is CNc1cccc(NC(C)Cc2ccccc2)c1[N+](=O)[O-]. The van der Waals surface area contributed by atoms with E-state index in [1.807, 2.05) is 25.1 Å². The van der Waals surface area contributed by atoms with Crippen molar-refractivity contribution in [3.8, 4) is 0 Å². The molecule has 5 heteroatoms. The second kappa shape index (κ2) is 6.74. The zero-order valence-electron chi connectivity index (χ0n) is 12.2. The van der Waals surface area contributed by atoms with E-state index >= 15 is 0 Å². The number of nitro groups is 1. The number of rotatable bonds is 6. The number of para-hydroxylation sites is 1. The van der Waals surface area contributed by atoms with Gasteiger partial charge < -0.3 is 10.6 Å². The summed E-state index contributed by atoms with van der Waals surface area (Å²) in [7, 11) is 1.68. The summed E-state index contributed by atoms with van der Waals surface area (Å²) in [5, 5.41) is 17.4. The fourth-order valence-corrected chi connectivity index (χ4v) is 2.34. The Hall–Kier alpha value is -2.56. The zero-order chi connectivity index (χ0) is 15.2. The Morgan fingerprint density at radius 2 is 1.76 bits per heavy atom. The molecule has 0 aliphatic heterocycles. The number of nitrogens with zero attached hydrogens (tertiary/aromatic N) is 1. The number of nitrogens with one attached hydrogen (secondary N) is 2. The van der Waals surface area contributed by atoms with Crippen LogP contribution in [-0.2, 0) is 6.42 Å². The Kier molecular flexibility index (Phi) is 4.77. The van der Waals surface area contributed by atoms with Gasteiger partial charge in [-0.25, -0.2) is 0 Å². The lowest BCUT2D eigenvalue weighted by molar-refractivity contribution is -0.383. The average molecular weight is 285 g/mol. The van der Waals surface area contributed by atoms with E-state index in [2.05, 4.69) is 22.8 Å². The molecule has 0 saturated carbocycles. The van der Waals surface area contributed by atoms with E-state index < -0.39 is 0 Å². The van der Waals surface area contributed by atoms with E-state index in [9.17, 15) is 10.1 Å². The minimum Gasteiger partial charge on any atom is -0.382 e. The van der Waals surface area contributed by atoms with Crippen molar-refractivity contribution in [2.45, 2.75) is 19.4 Å². The molecule has 2 rings (SSSR count). The summed E-state index contributed by atoms with van der Waals surface area (Å²) in [6, 6.07) is 15.4. The van der Waals surface area contributed by atoms with Crippen LogP contribution in [0.3, 0.4) is 0 Å². The third-order valence-corrected chi connectivity index (χ3v) is 3.27. The Bertz CT molecular complexity index is 614. The summed E-state index contributed by atoms with van der Waals surface area (Å²) in [6.45, 7) is 2.02. The predicted octanol–water partition coefficient (Wildman–Crippen LogP) is 3.68. The largest absolute Gasteiger partial charge is 0.382 e. The monoisotopic (exact) mass is 285 g/mol. The van der Waals surface area contributed by atoms with E-state index in [0.29, 0.717) is 11.4 Å². The topological polar surface area (TPSA) is 67.2 Å². The third kappa shape index (κ3) is 3.72. The first kappa shape index (κ1) is 14.8. The Morgan fingerprint density at radius 1 is 1.10 bits per heavy atom. The van der Waals surface area contributed by atoms with Gasteiger partial charge in [-0.2, -0.15) is 0 Å². The summed E-state index contributed by atoms with van der Waals surface area (Å²) in [5.41, 5.74) is 2.33. The summed E-state index contributed by atoms with van der Waals surface area (Å²) in [4.78, 5) is 10.9. The highest BCUT2D eigenvalue weighted by Crippen LogP contribution is 2.33. The summed E-state index contributed by atoms with van der Waals surface area (Å²) in [6.07, 6.45) is 0.807. The molecule has 0 fully saturated rings. The van der Waals surface area contributed by atoms with Crippen LogP contribution in [0.4, 0.5) is 17.1 Å². The molecule has 21 heavy (non-hydrogen) atoms. The Balaban J connectivity index is 2.17. The quantitative estimate of drug-likeness (QED) is 0.627. The van der Waals surface area contributed by atoms with Crippen molar-refractivity contribution in [3.63, 3.8) is 0 Å². The highest BCUT2D eigenvalue weighted by molar-refractivity contribution is 5.76. The first-order chi connectivity index (χ1) is 10.1. The number of benzene rings is 2. The molecule has 0 aliphatic carbocycles. The highest BCUT2D eigenvalue weighted by Gasteiger charge is 2.19. The second-order valence-electron chi connectivity index (χ2n) is 4.94. The molecule has 0 heterocycles. The molecule has 0 amide bonds. The molecule has 0 radical (unpaired) electrons. The van der Waals surface area contributed by atoms with Crippen molar-refractivity contribution in [2.75, 3.05) is 17.7 Å².